The summed E-state index contributed by atoms with van der Waals surface area (Å²) in [5.41, 5.74) is 1.92. The Labute approximate surface area is 127 Å². The van der Waals surface area contributed by atoms with Crippen molar-refractivity contribution in [2.45, 2.75) is 25.6 Å². The molecule has 0 fully saturated rings. The lowest BCUT2D eigenvalue weighted by atomic mass is 10.2. The first-order chi connectivity index (χ1) is 10.7. The molecular formula is C14H17N5O3. The zero-order valence-electron chi connectivity index (χ0n) is 12.0. The van der Waals surface area contributed by atoms with Crippen LogP contribution in [-0.2, 0) is 24.3 Å². The van der Waals surface area contributed by atoms with Crippen LogP contribution >= 0.6 is 0 Å². The van der Waals surface area contributed by atoms with Gasteiger partial charge >= 0.3 is 0 Å². The van der Waals surface area contributed by atoms with Gasteiger partial charge < -0.3 is 15.1 Å². The number of fused-ring (bicyclic) bond motifs is 1. The SMILES string of the molecule is O=C(Cc1cnccn1)N1CCn2nc([C@@H](O)CO)cc2C1. The van der Waals surface area contributed by atoms with E-state index in [0.29, 0.717) is 31.0 Å². The number of aromatic nitrogens is 4. The lowest BCUT2D eigenvalue weighted by Crippen LogP contribution is -2.39. The zero-order valence-corrected chi connectivity index (χ0v) is 12.0. The Morgan fingerprint density at radius 3 is 2.95 bits per heavy atom. The average Bonchev–Trinajstić information content (AvgIpc) is 2.98. The van der Waals surface area contributed by atoms with Gasteiger partial charge in [0, 0.05) is 25.1 Å². The van der Waals surface area contributed by atoms with Gasteiger partial charge in [0.25, 0.3) is 0 Å². The molecule has 2 aromatic rings. The van der Waals surface area contributed by atoms with Crippen LogP contribution in [0.5, 0.6) is 0 Å². The molecule has 0 saturated carbocycles. The van der Waals surface area contributed by atoms with Crippen molar-refractivity contribution >= 4 is 5.91 Å². The molecule has 2 N–H and O–H groups in total. The summed E-state index contributed by atoms with van der Waals surface area (Å²) in [4.78, 5) is 22.1. The van der Waals surface area contributed by atoms with Crippen LogP contribution in [0, 0.1) is 0 Å². The van der Waals surface area contributed by atoms with Crippen molar-refractivity contribution in [3.8, 4) is 0 Å². The summed E-state index contributed by atoms with van der Waals surface area (Å²) in [5.74, 6) is -0.0165. The monoisotopic (exact) mass is 303 g/mol. The number of aliphatic hydroxyl groups excluding tert-OH is 2. The molecule has 0 bridgehead atoms. The van der Waals surface area contributed by atoms with Gasteiger partial charge in [-0.15, -0.1) is 0 Å². The van der Waals surface area contributed by atoms with E-state index >= 15 is 0 Å². The van der Waals surface area contributed by atoms with Crippen molar-refractivity contribution in [2.75, 3.05) is 13.2 Å². The predicted molar refractivity (Wildman–Crippen MR) is 75.4 cm³/mol. The molecule has 0 saturated heterocycles. The summed E-state index contributed by atoms with van der Waals surface area (Å²) < 4.78 is 1.76. The maximum atomic E-state index is 12.3. The highest BCUT2D eigenvalue weighted by molar-refractivity contribution is 5.78. The quantitative estimate of drug-likeness (QED) is 0.773. The lowest BCUT2D eigenvalue weighted by Gasteiger charge is -2.27. The minimum Gasteiger partial charge on any atom is -0.393 e. The topological polar surface area (TPSA) is 104 Å². The number of carbonyl (C=O) groups excluding carboxylic acids is 1. The second-order valence-corrected chi connectivity index (χ2v) is 5.17. The van der Waals surface area contributed by atoms with E-state index in [0.717, 1.165) is 5.69 Å². The van der Waals surface area contributed by atoms with E-state index in [-0.39, 0.29) is 18.9 Å². The summed E-state index contributed by atoms with van der Waals surface area (Å²) in [6.07, 6.45) is 3.95. The third-order valence-electron chi connectivity index (χ3n) is 3.63. The van der Waals surface area contributed by atoms with Gasteiger partial charge in [-0.05, 0) is 6.07 Å². The number of aliphatic hydroxyl groups is 2. The van der Waals surface area contributed by atoms with Gasteiger partial charge in [0.1, 0.15) is 6.10 Å². The molecule has 116 valence electrons. The predicted octanol–water partition coefficient (Wildman–Crippen LogP) is -0.716. The van der Waals surface area contributed by atoms with Gasteiger partial charge in [0.05, 0.1) is 43.2 Å². The molecule has 22 heavy (non-hydrogen) atoms. The largest absolute Gasteiger partial charge is 0.393 e. The third-order valence-corrected chi connectivity index (χ3v) is 3.63. The van der Waals surface area contributed by atoms with Crippen LogP contribution in [0.4, 0.5) is 0 Å². The van der Waals surface area contributed by atoms with E-state index in [1.54, 1.807) is 34.2 Å². The Morgan fingerprint density at radius 1 is 1.36 bits per heavy atom. The Hall–Kier alpha value is -2.32. The van der Waals surface area contributed by atoms with Gasteiger partial charge in [-0.25, -0.2) is 0 Å². The molecule has 8 heteroatoms. The van der Waals surface area contributed by atoms with Crippen LogP contribution in [0.2, 0.25) is 0 Å². The van der Waals surface area contributed by atoms with Crippen LogP contribution in [0.25, 0.3) is 0 Å². The van der Waals surface area contributed by atoms with E-state index in [4.69, 9.17) is 5.11 Å². The number of nitrogens with zero attached hydrogens (tertiary/aromatic N) is 5. The van der Waals surface area contributed by atoms with E-state index < -0.39 is 6.10 Å². The van der Waals surface area contributed by atoms with Gasteiger partial charge in [-0.3, -0.25) is 19.4 Å². The van der Waals surface area contributed by atoms with Crippen molar-refractivity contribution in [1.29, 1.82) is 0 Å². The highest BCUT2D eigenvalue weighted by Crippen LogP contribution is 2.18. The van der Waals surface area contributed by atoms with E-state index in [1.807, 2.05) is 0 Å². The molecule has 1 aliphatic rings. The number of rotatable bonds is 4. The van der Waals surface area contributed by atoms with Gasteiger partial charge in [0.2, 0.25) is 5.91 Å². The summed E-state index contributed by atoms with van der Waals surface area (Å²) >= 11 is 0. The fourth-order valence-electron chi connectivity index (χ4n) is 2.45. The minimum absolute atomic E-state index is 0.0165. The van der Waals surface area contributed by atoms with Crippen LogP contribution in [-0.4, -0.2) is 53.9 Å². The Balaban J connectivity index is 1.68. The first-order valence-electron chi connectivity index (χ1n) is 7.05. The fourth-order valence-corrected chi connectivity index (χ4v) is 2.45. The molecule has 3 rings (SSSR count). The molecule has 0 spiro atoms. The van der Waals surface area contributed by atoms with Gasteiger partial charge in [-0.1, -0.05) is 0 Å². The molecule has 0 aliphatic carbocycles. The molecule has 2 aromatic heterocycles. The Bertz CT molecular complexity index is 658. The van der Waals surface area contributed by atoms with Crippen LogP contribution in [0.1, 0.15) is 23.2 Å². The van der Waals surface area contributed by atoms with Crippen molar-refractivity contribution in [3.05, 3.63) is 41.7 Å². The second kappa shape index (κ2) is 6.20. The molecule has 8 nitrogen and oxygen atoms in total. The highest BCUT2D eigenvalue weighted by atomic mass is 16.3. The summed E-state index contributed by atoms with van der Waals surface area (Å²) in [6.45, 7) is 1.19. The molecule has 1 aliphatic heterocycles. The van der Waals surface area contributed by atoms with Crippen molar-refractivity contribution < 1.29 is 15.0 Å². The van der Waals surface area contributed by atoms with E-state index in [2.05, 4.69) is 15.1 Å². The molecule has 0 unspecified atom stereocenters. The first-order valence-corrected chi connectivity index (χ1v) is 7.05. The van der Waals surface area contributed by atoms with Gasteiger partial charge in [-0.2, -0.15) is 5.10 Å². The van der Waals surface area contributed by atoms with Crippen LogP contribution in [0.15, 0.2) is 24.7 Å². The Kier molecular flexibility index (Phi) is 4.12. The Morgan fingerprint density at radius 2 is 2.23 bits per heavy atom. The molecule has 1 amide bonds. The fraction of sp³-hybridized carbons (Fsp3) is 0.429. The first kappa shape index (κ1) is 14.6. The van der Waals surface area contributed by atoms with Crippen LogP contribution < -0.4 is 0 Å². The van der Waals surface area contributed by atoms with Crippen LogP contribution in [0.3, 0.4) is 0 Å². The normalized spacial score (nSPS) is 15.5. The minimum atomic E-state index is -0.984. The molecule has 1 atom stereocenters. The molecular weight excluding hydrogens is 286 g/mol. The number of hydrogen-bond acceptors (Lipinski definition) is 6. The second-order valence-electron chi connectivity index (χ2n) is 5.17. The molecule has 0 radical (unpaired) electrons. The lowest BCUT2D eigenvalue weighted by molar-refractivity contribution is -0.132. The summed E-state index contributed by atoms with van der Waals surface area (Å²) in [5, 5.41) is 22.8. The summed E-state index contributed by atoms with van der Waals surface area (Å²) in [6, 6.07) is 1.72. The zero-order chi connectivity index (χ0) is 15.5. The number of carbonyl (C=O) groups is 1. The van der Waals surface area contributed by atoms with E-state index in [9.17, 15) is 9.90 Å². The number of hydrogen-bond donors (Lipinski definition) is 2. The molecule has 3 heterocycles. The molecule has 0 aromatic carbocycles. The average molecular weight is 303 g/mol. The smallest absolute Gasteiger partial charge is 0.229 e. The van der Waals surface area contributed by atoms with Gasteiger partial charge in [0.15, 0.2) is 0 Å². The highest BCUT2D eigenvalue weighted by Gasteiger charge is 2.24. The third kappa shape index (κ3) is 2.97. The maximum absolute atomic E-state index is 12.3. The van der Waals surface area contributed by atoms with Crippen molar-refractivity contribution in [1.82, 2.24) is 24.6 Å². The van der Waals surface area contributed by atoms with E-state index in [1.165, 1.54) is 0 Å². The van der Waals surface area contributed by atoms with Crippen molar-refractivity contribution in [3.63, 3.8) is 0 Å². The maximum Gasteiger partial charge on any atom is 0.229 e. The number of amides is 1. The van der Waals surface area contributed by atoms with Crippen molar-refractivity contribution in [2.24, 2.45) is 0 Å². The standard InChI is InChI=1S/C14H17N5O3/c20-9-13(21)12-6-11-8-18(3-4-19(11)17-12)14(22)5-10-7-15-1-2-16-10/h1-2,6-7,13,20-21H,3-5,8-9H2/t13-/m0/s1. The summed E-state index contributed by atoms with van der Waals surface area (Å²) in [7, 11) is 0.